The van der Waals surface area contributed by atoms with Crippen molar-refractivity contribution in [2.75, 3.05) is 6.61 Å². The fraction of sp³-hybridized carbons (Fsp3) is 0.929. The lowest BCUT2D eigenvalue weighted by Gasteiger charge is -2.24. The summed E-state index contributed by atoms with van der Waals surface area (Å²) in [4.78, 5) is 26.2. The fourth-order valence-corrected chi connectivity index (χ4v) is 8.84. The summed E-state index contributed by atoms with van der Waals surface area (Å²) in [6.07, 6.45) is 57.0. The number of nitrogens with one attached hydrogen (secondary N) is 1. The van der Waals surface area contributed by atoms with Crippen LogP contribution in [0.15, 0.2) is 12.2 Å². The molecule has 0 aromatic heterocycles. The molecule has 0 aliphatic heterocycles. The van der Waals surface area contributed by atoms with Crippen LogP contribution in [-0.4, -0.2) is 46.9 Å². The van der Waals surface area contributed by atoms with E-state index in [0.29, 0.717) is 19.3 Å². The first-order valence-corrected chi connectivity index (χ1v) is 27.9. The normalized spacial score (nSPS) is 13.2. The minimum absolute atomic E-state index is 0.0744. The van der Waals surface area contributed by atoms with E-state index >= 15 is 0 Å². The highest BCUT2D eigenvalue weighted by atomic mass is 16.5. The first-order chi connectivity index (χ1) is 30.5. The molecule has 0 heterocycles. The van der Waals surface area contributed by atoms with E-state index in [4.69, 9.17) is 4.74 Å². The number of amides is 1. The third kappa shape index (κ3) is 45.2. The van der Waals surface area contributed by atoms with Crippen molar-refractivity contribution < 1.29 is 24.5 Å². The molecule has 0 bridgehead atoms. The summed E-state index contributed by atoms with van der Waals surface area (Å²) in [6, 6.07) is -0.700. The van der Waals surface area contributed by atoms with Crippen LogP contribution in [0.3, 0.4) is 0 Å². The van der Waals surface area contributed by atoms with Gasteiger partial charge in [-0.2, -0.15) is 0 Å². The highest BCUT2D eigenvalue weighted by Gasteiger charge is 2.24. The summed E-state index contributed by atoms with van der Waals surface area (Å²) in [6.45, 7) is 6.51. The SMILES string of the molecule is CCCCCCCCC/C=C/CCCCCC(CC(=O)NC(CO)C(O)CCCCCCCCCCCCCC)OC(=O)CCCCCCCCCCCCCCCCCCC. The number of aliphatic hydroxyl groups excluding tert-OH is 2. The van der Waals surface area contributed by atoms with Crippen LogP contribution in [0.2, 0.25) is 0 Å². The van der Waals surface area contributed by atoms with Crippen LogP contribution in [-0.2, 0) is 14.3 Å². The average molecular weight is 876 g/mol. The van der Waals surface area contributed by atoms with E-state index in [0.717, 1.165) is 57.8 Å². The van der Waals surface area contributed by atoms with Crippen molar-refractivity contribution in [1.29, 1.82) is 0 Å². The third-order valence-corrected chi connectivity index (χ3v) is 13.1. The highest BCUT2D eigenvalue weighted by Crippen LogP contribution is 2.18. The van der Waals surface area contributed by atoms with Crippen LogP contribution < -0.4 is 5.32 Å². The number of carbonyl (C=O) groups is 2. The van der Waals surface area contributed by atoms with Crippen LogP contribution in [0.4, 0.5) is 0 Å². The van der Waals surface area contributed by atoms with Crippen molar-refractivity contribution in [2.45, 2.75) is 328 Å². The first-order valence-electron chi connectivity index (χ1n) is 27.9. The molecule has 3 atom stereocenters. The van der Waals surface area contributed by atoms with Crippen molar-refractivity contribution in [3.05, 3.63) is 12.2 Å². The predicted octanol–water partition coefficient (Wildman–Crippen LogP) is 16.9. The van der Waals surface area contributed by atoms with Gasteiger partial charge in [0.1, 0.15) is 6.10 Å². The Kier molecular flexibility index (Phi) is 49.5. The van der Waals surface area contributed by atoms with Gasteiger partial charge in [-0.3, -0.25) is 9.59 Å². The molecule has 0 spiro atoms. The van der Waals surface area contributed by atoms with Crippen molar-refractivity contribution >= 4 is 11.9 Å². The lowest BCUT2D eigenvalue weighted by Crippen LogP contribution is -2.46. The number of aliphatic hydroxyl groups is 2. The Hall–Kier alpha value is -1.40. The quantitative estimate of drug-likeness (QED) is 0.0321. The number of allylic oxidation sites excluding steroid dienone is 2. The smallest absolute Gasteiger partial charge is 0.306 e. The molecule has 62 heavy (non-hydrogen) atoms. The van der Waals surface area contributed by atoms with E-state index in [2.05, 4.69) is 38.2 Å². The maximum Gasteiger partial charge on any atom is 0.306 e. The van der Waals surface area contributed by atoms with Gasteiger partial charge < -0.3 is 20.3 Å². The first kappa shape index (κ1) is 60.6. The molecular formula is C56H109NO5. The minimum atomic E-state index is -0.786. The second-order valence-electron chi connectivity index (χ2n) is 19.3. The number of rotatable bonds is 51. The average Bonchev–Trinajstić information content (AvgIpc) is 3.26. The standard InChI is InChI=1S/C56H109NO5/c1-4-7-10-13-16-19-22-25-27-28-29-31-34-37-40-43-46-49-56(61)62-52(47-44-41-38-35-32-30-26-23-20-17-14-11-8-5-2)50-55(60)57-53(51-58)54(59)48-45-42-39-36-33-24-21-18-15-12-9-6-3/h30,32,52-54,58-59H,4-29,31,33-51H2,1-3H3,(H,57,60)/b32-30+. The second-order valence-corrected chi connectivity index (χ2v) is 19.3. The van der Waals surface area contributed by atoms with Gasteiger partial charge >= 0.3 is 5.97 Å². The van der Waals surface area contributed by atoms with Gasteiger partial charge in [0.2, 0.25) is 5.91 Å². The number of hydrogen-bond acceptors (Lipinski definition) is 5. The van der Waals surface area contributed by atoms with Gasteiger partial charge in [-0.05, 0) is 51.4 Å². The maximum absolute atomic E-state index is 13.2. The summed E-state index contributed by atoms with van der Waals surface area (Å²) < 4.78 is 5.95. The molecular weight excluding hydrogens is 767 g/mol. The van der Waals surface area contributed by atoms with Crippen molar-refractivity contribution in [2.24, 2.45) is 0 Å². The van der Waals surface area contributed by atoms with Gasteiger partial charge in [-0.25, -0.2) is 0 Å². The molecule has 6 heteroatoms. The Morgan fingerprint density at radius 1 is 0.452 bits per heavy atom. The van der Waals surface area contributed by atoms with Gasteiger partial charge in [0.15, 0.2) is 0 Å². The Morgan fingerprint density at radius 2 is 0.774 bits per heavy atom. The highest BCUT2D eigenvalue weighted by molar-refractivity contribution is 5.77. The zero-order valence-electron chi connectivity index (χ0n) is 42.0. The molecule has 3 unspecified atom stereocenters. The molecule has 0 saturated heterocycles. The number of hydrogen-bond donors (Lipinski definition) is 3. The largest absolute Gasteiger partial charge is 0.462 e. The van der Waals surface area contributed by atoms with E-state index in [1.807, 2.05) is 0 Å². The summed E-state index contributed by atoms with van der Waals surface area (Å²) in [7, 11) is 0. The number of ether oxygens (including phenoxy) is 1. The molecule has 0 aromatic rings. The van der Waals surface area contributed by atoms with Crippen molar-refractivity contribution in [1.82, 2.24) is 5.32 Å². The van der Waals surface area contributed by atoms with E-state index in [1.165, 1.54) is 205 Å². The minimum Gasteiger partial charge on any atom is -0.462 e. The molecule has 368 valence electrons. The summed E-state index contributed by atoms with van der Waals surface area (Å²) >= 11 is 0. The van der Waals surface area contributed by atoms with E-state index in [1.54, 1.807) is 0 Å². The predicted molar refractivity (Wildman–Crippen MR) is 269 cm³/mol. The molecule has 0 fully saturated rings. The Bertz CT molecular complexity index is 939. The Balaban J connectivity index is 4.52. The molecule has 0 saturated carbocycles. The summed E-state index contributed by atoms with van der Waals surface area (Å²) in [5.41, 5.74) is 0. The van der Waals surface area contributed by atoms with Crippen LogP contribution in [0.25, 0.3) is 0 Å². The van der Waals surface area contributed by atoms with Gasteiger partial charge in [0.05, 0.1) is 25.2 Å². The van der Waals surface area contributed by atoms with Gasteiger partial charge in [-0.1, -0.05) is 258 Å². The molecule has 0 aromatic carbocycles. The van der Waals surface area contributed by atoms with Gasteiger partial charge in [0.25, 0.3) is 0 Å². The maximum atomic E-state index is 13.2. The molecule has 0 aliphatic carbocycles. The molecule has 3 N–H and O–H groups in total. The van der Waals surface area contributed by atoms with Crippen LogP contribution in [0.5, 0.6) is 0 Å². The van der Waals surface area contributed by atoms with E-state index in [-0.39, 0.29) is 24.9 Å². The van der Waals surface area contributed by atoms with Crippen LogP contribution >= 0.6 is 0 Å². The molecule has 6 nitrogen and oxygen atoms in total. The molecule has 1 amide bonds. The van der Waals surface area contributed by atoms with Crippen molar-refractivity contribution in [3.8, 4) is 0 Å². The fourth-order valence-electron chi connectivity index (χ4n) is 8.84. The molecule has 0 radical (unpaired) electrons. The number of esters is 1. The molecule has 0 aliphatic rings. The monoisotopic (exact) mass is 876 g/mol. The topological polar surface area (TPSA) is 95.9 Å². The number of unbranched alkanes of at least 4 members (excludes halogenated alkanes) is 37. The van der Waals surface area contributed by atoms with Crippen LogP contribution in [0, 0.1) is 0 Å². The van der Waals surface area contributed by atoms with Gasteiger partial charge in [0, 0.05) is 6.42 Å². The Labute approximate surface area is 387 Å². The van der Waals surface area contributed by atoms with Crippen molar-refractivity contribution in [3.63, 3.8) is 0 Å². The summed E-state index contributed by atoms with van der Waals surface area (Å²) in [5, 5.41) is 23.8. The lowest BCUT2D eigenvalue weighted by atomic mass is 10.0. The Morgan fingerprint density at radius 3 is 1.16 bits per heavy atom. The third-order valence-electron chi connectivity index (χ3n) is 13.1. The van der Waals surface area contributed by atoms with E-state index < -0.39 is 18.2 Å². The second kappa shape index (κ2) is 50.6. The zero-order valence-corrected chi connectivity index (χ0v) is 42.0. The number of carbonyl (C=O) groups excluding carboxylic acids is 2. The summed E-state index contributed by atoms with van der Waals surface area (Å²) in [5.74, 6) is -0.468. The molecule has 0 rings (SSSR count). The van der Waals surface area contributed by atoms with E-state index in [9.17, 15) is 19.8 Å². The van der Waals surface area contributed by atoms with Gasteiger partial charge in [-0.15, -0.1) is 0 Å². The zero-order chi connectivity index (χ0) is 45.2. The lowest BCUT2D eigenvalue weighted by molar-refractivity contribution is -0.151. The van der Waals surface area contributed by atoms with Crippen LogP contribution in [0.1, 0.15) is 310 Å².